The number of hydrogen-bond donors (Lipinski definition) is 0. The molecule has 0 N–H and O–H groups in total. The van der Waals surface area contributed by atoms with Crippen molar-refractivity contribution in [1.29, 1.82) is 0 Å². The average molecular weight is 345 g/mol. The van der Waals surface area contributed by atoms with E-state index in [9.17, 15) is 0 Å². The normalized spacial score (nSPS) is 17.2. The fraction of sp³-hybridized carbons (Fsp3) is 0.500. The summed E-state index contributed by atoms with van der Waals surface area (Å²) in [6.07, 6.45) is 3.60. The summed E-state index contributed by atoms with van der Waals surface area (Å²) in [6.45, 7) is 9.38. The molecule has 0 aliphatic heterocycles. The Morgan fingerprint density at radius 2 is 1.71 bits per heavy atom. The molecule has 1 heteroatoms. The first kappa shape index (κ1) is 15.1. The quantitative estimate of drug-likeness (QED) is 0.561. The lowest BCUT2D eigenvalue weighted by Crippen LogP contribution is -2.18. The monoisotopic (exact) mass is 344 g/mol. The van der Waals surface area contributed by atoms with E-state index in [-0.39, 0.29) is 0 Å². The number of halogens is 1. The molecule has 0 saturated heterocycles. The maximum Gasteiger partial charge on any atom is 0.0404 e. The molecule has 0 heterocycles. The summed E-state index contributed by atoms with van der Waals surface area (Å²) < 4.78 is 0. The van der Waals surface area contributed by atoms with Crippen molar-refractivity contribution in [3.05, 3.63) is 47.0 Å². The minimum atomic E-state index is 0.362. The van der Waals surface area contributed by atoms with Crippen molar-refractivity contribution in [1.82, 2.24) is 0 Å². The lowest BCUT2D eigenvalue weighted by atomic mass is 9.78. The smallest absolute Gasteiger partial charge is 0.0404 e. The van der Waals surface area contributed by atoms with Gasteiger partial charge in [-0.1, -0.05) is 74.0 Å². The van der Waals surface area contributed by atoms with Crippen LogP contribution in [-0.2, 0) is 12.8 Å². The predicted molar refractivity (Wildman–Crippen MR) is 96.3 cm³/mol. The van der Waals surface area contributed by atoms with Crippen LogP contribution >= 0.6 is 15.9 Å². The van der Waals surface area contributed by atoms with Crippen LogP contribution in [0.2, 0.25) is 0 Å². The largest absolute Gasteiger partial charge is 0.0838 e. The van der Waals surface area contributed by atoms with Crippen molar-refractivity contribution in [3.8, 4) is 0 Å². The summed E-state index contributed by atoms with van der Waals surface area (Å²) in [5.41, 5.74) is 4.90. The molecular formula is C20H25Br. The molecule has 2 aromatic carbocycles. The molecule has 2 unspecified atom stereocenters. The Labute approximate surface area is 137 Å². The molecule has 2 aromatic rings. The Balaban J connectivity index is 1.98. The van der Waals surface area contributed by atoms with E-state index < -0.39 is 0 Å². The molecule has 0 amide bonds. The zero-order valence-electron chi connectivity index (χ0n) is 13.5. The molecule has 0 bridgehead atoms. The first-order valence-electron chi connectivity index (χ1n) is 8.05. The number of benzene rings is 2. The second-order valence-electron chi connectivity index (χ2n) is 7.62. The molecule has 21 heavy (non-hydrogen) atoms. The van der Waals surface area contributed by atoms with Gasteiger partial charge in [-0.3, -0.25) is 0 Å². The van der Waals surface area contributed by atoms with Gasteiger partial charge < -0.3 is 0 Å². The Bertz CT molecular complexity index is 653. The summed E-state index contributed by atoms with van der Waals surface area (Å²) >= 11 is 3.97. The van der Waals surface area contributed by atoms with Gasteiger partial charge in [0.25, 0.3) is 0 Å². The second kappa shape index (κ2) is 5.43. The van der Waals surface area contributed by atoms with Gasteiger partial charge in [0, 0.05) is 4.83 Å². The third-order valence-electron chi connectivity index (χ3n) is 5.29. The molecule has 1 aliphatic carbocycles. The molecule has 0 saturated carbocycles. The summed E-state index contributed by atoms with van der Waals surface area (Å²) in [5.74, 6) is 0.685. The fourth-order valence-electron chi connectivity index (χ4n) is 3.33. The molecule has 0 nitrogen and oxygen atoms in total. The second-order valence-corrected chi connectivity index (χ2v) is 8.73. The van der Waals surface area contributed by atoms with Gasteiger partial charge in [0.05, 0.1) is 0 Å². The van der Waals surface area contributed by atoms with Gasteiger partial charge in [0.15, 0.2) is 0 Å². The third kappa shape index (κ3) is 2.77. The van der Waals surface area contributed by atoms with E-state index in [1.165, 1.54) is 46.7 Å². The molecule has 0 radical (unpaired) electrons. The maximum atomic E-state index is 3.97. The van der Waals surface area contributed by atoms with Gasteiger partial charge in [-0.2, -0.15) is 0 Å². The van der Waals surface area contributed by atoms with E-state index in [1.807, 2.05) is 0 Å². The summed E-state index contributed by atoms with van der Waals surface area (Å²) in [7, 11) is 0. The number of alkyl halides is 1. The van der Waals surface area contributed by atoms with Crippen LogP contribution in [0.1, 0.15) is 55.6 Å². The van der Waals surface area contributed by atoms with Crippen LogP contribution < -0.4 is 0 Å². The van der Waals surface area contributed by atoms with Crippen LogP contribution in [0.5, 0.6) is 0 Å². The highest BCUT2D eigenvalue weighted by Gasteiger charge is 2.25. The van der Waals surface area contributed by atoms with Crippen LogP contribution in [0, 0.1) is 11.3 Å². The predicted octanol–water partition coefficient (Wildman–Crippen LogP) is 6.45. The van der Waals surface area contributed by atoms with Crippen molar-refractivity contribution in [2.24, 2.45) is 11.3 Å². The molecule has 0 aromatic heterocycles. The van der Waals surface area contributed by atoms with Crippen molar-refractivity contribution in [2.45, 2.75) is 51.8 Å². The van der Waals surface area contributed by atoms with Gasteiger partial charge in [0.1, 0.15) is 0 Å². The molecule has 3 rings (SSSR count). The third-order valence-corrected chi connectivity index (χ3v) is 6.15. The van der Waals surface area contributed by atoms with Crippen molar-refractivity contribution in [2.75, 3.05) is 0 Å². The zero-order chi connectivity index (χ0) is 15.2. The maximum absolute atomic E-state index is 3.97. The zero-order valence-corrected chi connectivity index (χ0v) is 15.1. The van der Waals surface area contributed by atoms with Crippen molar-refractivity contribution < 1.29 is 0 Å². The molecular weight excluding hydrogens is 320 g/mol. The average Bonchev–Trinajstić information content (AvgIpc) is 2.83. The standard InChI is InChI=1S/C20H25Br/c1-13(20(2,3)4)12-18(21)16-11-10-15-9-8-14-6-5-7-17(16)19(14)15/h5-7,10-11,13,18H,8-9,12H2,1-4H3. The van der Waals surface area contributed by atoms with Crippen molar-refractivity contribution >= 4 is 26.7 Å². The van der Waals surface area contributed by atoms with Crippen LogP contribution in [0.4, 0.5) is 0 Å². The first-order chi connectivity index (χ1) is 9.88. The van der Waals surface area contributed by atoms with Gasteiger partial charge in [0.2, 0.25) is 0 Å². The Kier molecular flexibility index (Phi) is 3.90. The first-order valence-corrected chi connectivity index (χ1v) is 8.97. The highest BCUT2D eigenvalue weighted by molar-refractivity contribution is 9.09. The number of hydrogen-bond acceptors (Lipinski definition) is 0. The molecule has 2 atom stereocenters. The number of aryl methyl sites for hydroxylation is 2. The minimum Gasteiger partial charge on any atom is -0.0838 e. The summed E-state index contributed by atoms with van der Waals surface area (Å²) in [6, 6.07) is 11.5. The van der Waals surface area contributed by atoms with E-state index in [0.29, 0.717) is 16.2 Å². The lowest BCUT2D eigenvalue weighted by Gasteiger charge is -2.29. The lowest BCUT2D eigenvalue weighted by molar-refractivity contribution is 0.247. The van der Waals surface area contributed by atoms with Gasteiger partial charge in [-0.15, -0.1) is 0 Å². The van der Waals surface area contributed by atoms with Gasteiger partial charge in [-0.25, -0.2) is 0 Å². The van der Waals surface area contributed by atoms with E-state index in [2.05, 4.69) is 74.0 Å². The van der Waals surface area contributed by atoms with Crippen molar-refractivity contribution in [3.63, 3.8) is 0 Å². The Morgan fingerprint density at radius 1 is 1.05 bits per heavy atom. The Hall–Kier alpha value is -0.820. The van der Waals surface area contributed by atoms with Crippen LogP contribution in [0.15, 0.2) is 30.3 Å². The van der Waals surface area contributed by atoms with E-state index >= 15 is 0 Å². The van der Waals surface area contributed by atoms with Crippen LogP contribution in [0.25, 0.3) is 10.8 Å². The minimum absolute atomic E-state index is 0.362. The van der Waals surface area contributed by atoms with Crippen LogP contribution in [-0.4, -0.2) is 0 Å². The topological polar surface area (TPSA) is 0 Å². The van der Waals surface area contributed by atoms with Crippen LogP contribution in [0.3, 0.4) is 0 Å². The molecule has 1 aliphatic rings. The van der Waals surface area contributed by atoms with Gasteiger partial charge in [-0.05, 0) is 58.1 Å². The van der Waals surface area contributed by atoms with E-state index in [4.69, 9.17) is 0 Å². The highest BCUT2D eigenvalue weighted by Crippen LogP contribution is 2.42. The van der Waals surface area contributed by atoms with E-state index in [1.54, 1.807) is 0 Å². The highest BCUT2D eigenvalue weighted by atomic mass is 79.9. The SMILES string of the molecule is CC(CC(Br)c1ccc2c3c(cccc13)CC2)C(C)(C)C. The summed E-state index contributed by atoms with van der Waals surface area (Å²) in [4.78, 5) is 0.441. The fourth-order valence-corrected chi connectivity index (χ4v) is 4.29. The molecule has 0 fully saturated rings. The summed E-state index contributed by atoms with van der Waals surface area (Å²) in [5, 5.41) is 2.99. The number of rotatable bonds is 3. The van der Waals surface area contributed by atoms with Gasteiger partial charge >= 0.3 is 0 Å². The molecule has 112 valence electrons. The van der Waals surface area contributed by atoms with E-state index in [0.717, 1.165) is 0 Å². The molecule has 0 spiro atoms. The Morgan fingerprint density at radius 3 is 2.38 bits per heavy atom.